The van der Waals surface area contributed by atoms with Crippen molar-refractivity contribution in [3.8, 4) is 0 Å². The highest BCUT2D eigenvalue weighted by atomic mass is 32.1. The Morgan fingerprint density at radius 2 is 1.96 bits per heavy atom. The number of morpholine rings is 1. The molecule has 2 N–H and O–H groups in total. The number of aliphatic imine (C=N–C) groups is 1. The first-order valence-corrected chi connectivity index (χ1v) is 10.0. The second kappa shape index (κ2) is 9.71. The number of aryl methyl sites for hydroxylation is 1. The molecule has 2 aromatic rings. The van der Waals surface area contributed by atoms with Crippen molar-refractivity contribution in [3.63, 3.8) is 0 Å². The van der Waals surface area contributed by atoms with E-state index in [1.54, 1.807) is 11.3 Å². The maximum Gasteiger partial charge on any atom is 0.191 e. The summed E-state index contributed by atoms with van der Waals surface area (Å²) in [5.74, 6) is 0.835. The molecule has 1 fully saturated rings. The van der Waals surface area contributed by atoms with E-state index in [0.717, 1.165) is 45.4 Å². The lowest BCUT2D eigenvalue weighted by Crippen LogP contribution is -2.46. The van der Waals surface area contributed by atoms with Gasteiger partial charge in [0.05, 0.1) is 19.3 Å². The van der Waals surface area contributed by atoms with Crippen LogP contribution >= 0.6 is 11.3 Å². The van der Waals surface area contributed by atoms with Gasteiger partial charge in [-0.25, -0.2) is 0 Å². The van der Waals surface area contributed by atoms with Crippen LogP contribution < -0.4 is 10.6 Å². The average molecular weight is 373 g/mol. The van der Waals surface area contributed by atoms with Crippen LogP contribution in [-0.2, 0) is 11.3 Å². The van der Waals surface area contributed by atoms with E-state index in [4.69, 9.17) is 4.74 Å². The van der Waals surface area contributed by atoms with E-state index in [0.29, 0.717) is 6.04 Å². The molecule has 1 aliphatic heterocycles. The normalized spacial score (nSPS) is 17.1. The van der Waals surface area contributed by atoms with E-state index >= 15 is 0 Å². The Bertz CT molecular complexity index is 678. The lowest BCUT2D eigenvalue weighted by atomic mass is 10.0. The Hall–Kier alpha value is -1.89. The van der Waals surface area contributed by atoms with Crippen molar-refractivity contribution >= 4 is 17.3 Å². The van der Waals surface area contributed by atoms with Crippen LogP contribution in [-0.4, -0.2) is 50.8 Å². The van der Waals surface area contributed by atoms with E-state index in [1.165, 1.54) is 16.7 Å². The molecule has 5 nitrogen and oxygen atoms in total. The first kappa shape index (κ1) is 18.9. The van der Waals surface area contributed by atoms with Gasteiger partial charge in [-0.1, -0.05) is 29.8 Å². The quantitative estimate of drug-likeness (QED) is 0.605. The second-order valence-corrected chi connectivity index (χ2v) is 7.29. The molecule has 0 bridgehead atoms. The molecule has 1 aromatic heterocycles. The van der Waals surface area contributed by atoms with E-state index in [-0.39, 0.29) is 0 Å². The summed E-state index contributed by atoms with van der Waals surface area (Å²) in [5, 5.41) is 11.1. The fourth-order valence-corrected chi connectivity index (χ4v) is 3.80. The van der Waals surface area contributed by atoms with Crippen LogP contribution in [0.4, 0.5) is 0 Å². The van der Waals surface area contributed by atoms with Crippen molar-refractivity contribution in [2.75, 3.05) is 39.9 Å². The predicted molar refractivity (Wildman–Crippen MR) is 109 cm³/mol. The summed E-state index contributed by atoms with van der Waals surface area (Å²) >= 11 is 1.72. The standard InChI is InChI=1S/C20H28N4OS/c1-16-3-5-18(6-4-16)19(24-8-10-25-11-9-24)14-23-20(21-2)22-13-17-7-12-26-15-17/h3-7,12,15,19H,8-11,13-14H2,1-2H3,(H2,21,22,23). The van der Waals surface area contributed by atoms with Crippen molar-refractivity contribution in [3.05, 3.63) is 57.8 Å². The third-order valence-corrected chi connectivity index (χ3v) is 5.41. The Balaban J connectivity index is 1.63. The fraction of sp³-hybridized carbons (Fsp3) is 0.450. The number of guanidine groups is 1. The summed E-state index contributed by atoms with van der Waals surface area (Å²) in [6, 6.07) is 11.3. The third kappa shape index (κ3) is 5.30. The van der Waals surface area contributed by atoms with E-state index in [2.05, 4.69) is 68.5 Å². The van der Waals surface area contributed by atoms with Crippen LogP contribution in [0.5, 0.6) is 0 Å². The predicted octanol–water partition coefficient (Wildman–Crippen LogP) is 2.80. The minimum absolute atomic E-state index is 0.305. The number of thiophene rings is 1. The van der Waals surface area contributed by atoms with Crippen LogP contribution in [0, 0.1) is 6.92 Å². The zero-order chi connectivity index (χ0) is 18.2. The molecular weight excluding hydrogens is 344 g/mol. The molecule has 1 aromatic carbocycles. The molecule has 3 rings (SSSR count). The minimum atomic E-state index is 0.305. The number of ether oxygens (including phenoxy) is 1. The molecule has 0 saturated carbocycles. The van der Waals surface area contributed by atoms with Gasteiger partial charge in [-0.15, -0.1) is 0 Å². The van der Waals surface area contributed by atoms with Crippen molar-refractivity contribution in [2.24, 2.45) is 4.99 Å². The lowest BCUT2D eigenvalue weighted by molar-refractivity contribution is 0.0170. The summed E-state index contributed by atoms with van der Waals surface area (Å²) < 4.78 is 5.53. The summed E-state index contributed by atoms with van der Waals surface area (Å²) in [6.45, 7) is 7.24. The Morgan fingerprint density at radius 1 is 1.19 bits per heavy atom. The third-order valence-electron chi connectivity index (χ3n) is 4.68. The zero-order valence-electron chi connectivity index (χ0n) is 15.6. The minimum Gasteiger partial charge on any atom is -0.379 e. The van der Waals surface area contributed by atoms with Gasteiger partial charge in [0.1, 0.15) is 0 Å². The number of nitrogens with one attached hydrogen (secondary N) is 2. The van der Waals surface area contributed by atoms with Crippen LogP contribution in [0.2, 0.25) is 0 Å². The zero-order valence-corrected chi connectivity index (χ0v) is 16.4. The van der Waals surface area contributed by atoms with Crippen molar-refractivity contribution in [1.29, 1.82) is 0 Å². The molecule has 140 valence electrons. The number of nitrogens with zero attached hydrogens (tertiary/aromatic N) is 2. The number of hydrogen-bond acceptors (Lipinski definition) is 4. The Morgan fingerprint density at radius 3 is 2.62 bits per heavy atom. The van der Waals surface area contributed by atoms with E-state index in [1.807, 2.05) is 7.05 Å². The molecule has 1 saturated heterocycles. The van der Waals surface area contributed by atoms with Gasteiger partial charge in [0, 0.05) is 33.2 Å². The van der Waals surface area contributed by atoms with Crippen molar-refractivity contribution in [2.45, 2.75) is 19.5 Å². The first-order valence-electron chi connectivity index (χ1n) is 9.10. The second-order valence-electron chi connectivity index (χ2n) is 6.51. The molecule has 0 spiro atoms. The molecule has 0 radical (unpaired) electrons. The Kier molecular flexibility index (Phi) is 7.05. The van der Waals surface area contributed by atoms with E-state index in [9.17, 15) is 0 Å². The molecule has 1 aliphatic rings. The first-order chi connectivity index (χ1) is 12.8. The lowest BCUT2D eigenvalue weighted by Gasteiger charge is -2.35. The van der Waals surface area contributed by atoms with Gasteiger partial charge in [-0.2, -0.15) is 11.3 Å². The SMILES string of the molecule is CN=C(NCc1ccsc1)NCC(c1ccc(C)cc1)N1CCOCC1. The molecule has 2 heterocycles. The summed E-state index contributed by atoms with van der Waals surface area (Å²) in [6.07, 6.45) is 0. The molecule has 0 amide bonds. The largest absolute Gasteiger partial charge is 0.379 e. The maximum absolute atomic E-state index is 5.53. The van der Waals surface area contributed by atoms with Crippen molar-refractivity contribution in [1.82, 2.24) is 15.5 Å². The molecule has 0 aliphatic carbocycles. The molecule has 1 atom stereocenters. The average Bonchev–Trinajstić information content (AvgIpc) is 3.20. The Labute approximate surface area is 160 Å². The van der Waals surface area contributed by atoms with Crippen LogP contribution in [0.25, 0.3) is 0 Å². The van der Waals surface area contributed by atoms with Crippen LogP contribution in [0.15, 0.2) is 46.1 Å². The molecular formula is C20H28N4OS. The summed E-state index contributed by atoms with van der Waals surface area (Å²) in [4.78, 5) is 6.86. The van der Waals surface area contributed by atoms with Gasteiger partial charge in [0.2, 0.25) is 0 Å². The highest BCUT2D eigenvalue weighted by Crippen LogP contribution is 2.21. The smallest absolute Gasteiger partial charge is 0.191 e. The number of benzene rings is 1. The summed E-state index contributed by atoms with van der Waals surface area (Å²) in [7, 11) is 1.82. The van der Waals surface area contributed by atoms with Gasteiger partial charge in [0.25, 0.3) is 0 Å². The van der Waals surface area contributed by atoms with Gasteiger partial charge in [0.15, 0.2) is 5.96 Å². The van der Waals surface area contributed by atoms with Gasteiger partial charge >= 0.3 is 0 Å². The molecule has 1 unspecified atom stereocenters. The summed E-state index contributed by atoms with van der Waals surface area (Å²) in [5.41, 5.74) is 3.90. The van der Waals surface area contributed by atoms with Gasteiger partial charge < -0.3 is 15.4 Å². The highest BCUT2D eigenvalue weighted by Gasteiger charge is 2.22. The van der Waals surface area contributed by atoms with Gasteiger partial charge in [-0.05, 0) is 34.9 Å². The van der Waals surface area contributed by atoms with Gasteiger partial charge in [-0.3, -0.25) is 9.89 Å². The monoisotopic (exact) mass is 372 g/mol. The topological polar surface area (TPSA) is 48.9 Å². The molecule has 6 heteroatoms. The molecule has 26 heavy (non-hydrogen) atoms. The number of rotatable bonds is 6. The van der Waals surface area contributed by atoms with E-state index < -0.39 is 0 Å². The fourth-order valence-electron chi connectivity index (χ4n) is 3.13. The van der Waals surface area contributed by atoms with Crippen molar-refractivity contribution < 1.29 is 4.74 Å². The number of hydrogen-bond donors (Lipinski definition) is 2. The maximum atomic E-state index is 5.53. The van der Waals surface area contributed by atoms with Crippen LogP contribution in [0.1, 0.15) is 22.7 Å². The highest BCUT2D eigenvalue weighted by molar-refractivity contribution is 7.07. The van der Waals surface area contributed by atoms with Crippen LogP contribution in [0.3, 0.4) is 0 Å².